The van der Waals surface area contributed by atoms with E-state index < -0.39 is 10.0 Å². The number of nitrogens with zero attached hydrogens (tertiary/aromatic N) is 3. The van der Waals surface area contributed by atoms with Gasteiger partial charge in [-0.2, -0.15) is 5.10 Å². The summed E-state index contributed by atoms with van der Waals surface area (Å²) >= 11 is 0. The van der Waals surface area contributed by atoms with Crippen molar-refractivity contribution in [1.82, 2.24) is 19.5 Å². The van der Waals surface area contributed by atoms with Gasteiger partial charge in [-0.25, -0.2) is 22.8 Å². The SMILES string of the molecule is CCn1ncnc1CNc1cccc(S(=O)(=O)NC2CC2)c1C. The van der Waals surface area contributed by atoms with Crippen molar-refractivity contribution in [3.05, 3.63) is 35.9 Å². The van der Waals surface area contributed by atoms with E-state index in [-0.39, 0.29) is 6.04 Å². The van der Waals surface area contributed by atoms with Crippen molar-refractivity contribution in [3.63, 3.8) is 0 Å². The van der Waals surface area contributed by atoms with Crippen LogP contribution in [0.5, 0.6) is 0 Å². The molecule has 0 spiro atoms. The van der Waals surface area contributed by atoms with E-state index in [9.17, 15) is 8.42 Å². The van der Waals surface area contributed by atoms with E-state index in [4.69, 9.17) is 0 Å². The van der Waals surface area contributed by atoms with Gasteiger partial charge in [-0.15, -0.1) is 0 Å². The van der Waals surface area contributed by atoms with Crippen LogP contribution in [-0.2, 0) is 23.1 Å². The van der Waals surface area contributed by atoms with Gasteiger partial charge in [0.1, 0.15) is 12.2 Å². The second kappa shape index (κ2) is 6.29. The lowest BCUT2D eigenvalue weighted by Crippen LogP contribution is -2.26. The Labute approximate surface area is 136 Å². The van der Waals surface area contributed by atoms with E-state index in [1.807, 2.05) is 19.9 Å². The molecule has 23 heavy (non-hydrogen) atoms. The zero-order valence-corrected chi connectivity index (χ0v) is 14.1. The molecule has 0 bridgehead atoms. The topological polar surface area (TPSA) is 88.9 Å². The van der Waals surface area contributed by atoms with Crippen LogP contribution < -0.4 is 10.0 Å². The Morgan fingerprint density at radius 2 is 2.13 bits per heavy atom. The average molecular weight is 335 g/mol. The molecular weight excluding hydrogens is 314 g/mol. The Morgan fingerprint density at radius 3 is 2.83 bits per heavy atom. The van der Waals surface area contributed by atoms with Gasteiger partial charge in [-0.05, 0) is 44.4 Å². The standard InChI is InChI=1S/C15H21N5O2S/c1-3-20-15(17-10-18-20)9-16-13-5-4-6-14(11(13)2)23(21,22)19-12-7-8-12/h4-6,10,12,16,19H,3,7-9H2,1-2H3. The Bertz CT molecular complexity index is 796. The molecule has 1 saturated carbocycles. The third kappa shape index (κ3) is 3.53. The number of nitrogens with one attached hydrogen (secondary N) is 2. The first-order chi connectivity index (χ1) is 11.0. The highest BCUT2D eigenvalue weighted by atomic mass is 32.2. The summed E-state index contributed by atoms with van der Waals surface area (Å²) < 4.78 is 29.4. The third-order valence-corrected chi connectivity index (χ3v) is 5.57. The largest absolute Gasteiger partial charge is 0.378 e. The molecule has 1 aliphatic carbocycles. The van der Waals surface area contributed by atoms with Crippen LogP contribution in [-0.4, -0.2) is 29.2 Å². The quantitative estimate of drug-likeness (QED) is 0.803. The monoisotopic (exact) mass is 335 g/mol. The summed E-state index contributed by atoms with van der Waals surface area (Å²) in [6.07, 6.45) is 3.36. The Hall–Kier alpha value is -1.93. The summed E-state index contributed by atoms with van der Waals surface area (Å²) in [5, 5.41) is 7.38. The number of aromatic nitrogens is 3. The molecule has 1 aliphatic rings. The Morgan fingerprint density at radius 1 is 1.35 bits per heavy atom. The lowest BCUT2D eigenvalue weighted by Gasteiger charge is -2.14. The van der Waals surface area contributed by atoms with Gasteiger partial charge in [0.2, 0.25) is 10.0 Å². The predicted octanol–water partition coefficient (Wildman–Crippen LogP) is 1.66. The molecule has 0 aliphatic heterocycles. The van der Waals surface area contributed by atoms with Crippen LogP contribution in [0.25, 0.3) is 0 Å². The summed E-state index contributed by atoms with van der Waals surface area (Å²) in [5.41, 5.74) is 1.50. The second-order valence-corrected chi connectivity index (χ2v) is 7.35. The minimum atomic E-state index is -3.46. The van der Waals surface area contributed by atoms with Gasteiger partial charge in [-0.3, -0.25) is 0 Å². The van der Waals surface area contributed by atoms with Crippen molar-refractivity contribution < 1.29 is 8.42 Å². The fourth-order valence-corrected chi connectivity index (χ4v) is 4.02. The molecule has 0 atom stereocenters. The van der Waals surface area contributed by atoms with Crippen LogP contribution in [0.4, 0.5) is 5.69 Å². The van der Waals surface area contributed by atoms with Crippen molar-refractivity contribution in [2.45, 2.75) is 50.7 Å². The van der Waals surface area contributed by atoms with Gasteiger partial charge in [0.05, 0.1) is 11.4 Å². The summed E-state index contributed by atoms with van der Waals surface area (Å²) in [6, 6.07) is 5.36. The number of aryl methyl sites for hydroxylation is 1. The molecule has 0 unspecified atom stereocenters. The molecule has 124 valence electrons. The number of sulfonamides is 1. The van der Waals surface area contributed by atoms with Crippen LogP contribution in [0, 0.1) is 6.92 Å². The van der Waals surface area contributed by atoms with Gasteiger partial charge in [-0.1, -0.05) is 6.07 Å². The molecule has 8 heteroatoms. The average Bonchev–Trinajstić information content (AvgIpc) is 3.19. The lowest BCUT2D eigenvalue weighted by atomic mass is 10.2. The van der Waals surface area contributed by atoms with Crippen LogP contribution >= 0.6 is 0 Å². The van der Waals surface area contributed by atoms with Crippen molar-refractivity contribution in [2.24, 2.45) is 0 Å². The van der Waals surface area contributed by atoms with E-state index in [1.54, 1.807) is 16.8 Å². The Kier molecular flexibility index (Phi) is 4.36. The summed E-state index contributed by atoms with van der Waals surface area (Å²) in [5.74, 6) is 0.816. The molecule has 7 nitrogen and oxygen atoms in total. The first-order valence-electron chi connectivity index (χ1n) is 7.73. The number of hydrogen-bond donors (Lipinski definition) is 2. The molecule has 3 rings (SSSR count). The second-order valence-electron chi connectivity index (χ2n) is 5.67. The highest BCUT2D eigenvalue weighted by Crippen LogP contribution is 2.26. The maximum atomic E-state index is 12.4. The zero-order chi connectivity index (χ0) is 16.4. The maximum Gasteiger partial charge on any atom is 0.241 e. The van der Waals surface area contributed by atoms with Crippen molar-refractivity contribution in [2.75, 3.05) is 5.32 Å². The summed E-state index contributed by atoms with van der Waals surface area (Å²) in [4.78, 5) is 4.53. The minimum Gasteiger partial charge on any atom is -0.378 e. The van der Waals surface area contributed by atoms with Crippen molar-refractivity contribution >= 4 is 15.7 Å². The fraction of sp³-hybridized carbons (Fsp3) is 0.467. The fourth-order valence-electron chi connectivity index (χ4n) is 2.44. The normalized spacial score (nSPS) is 14.9. The summed E-state index contributed by atoms with van der Waals surface area (Å²) in [7, 11) is -3.46. The molecule has 1 aromatic heterocycles. The molecule has 0 radical (unpaired) electrons. The number of rotatable bonds is 7. The Balaban J connectivity index is 1.79. The van der Waals surface area contributed by atoms with Gasteiger partial charge < -0.3 is 5.32 Å². The number of anilines is 1. The van der Waals surface area contributed by atoms with Gasteiger partial charge >= 0.3 is 0 Å². The number of benzene rings is 1. The minimum absolute atomic E-state index is 0.0964. The van der Waals surface area contributed by atoms with Gasteiger partial charge in [0.15, 0.2) is 0 Å². The molecule has 2 N–H and O–H groups in total. The van der Waals surface area contributed by atoms with E-state index in [0.29, 0.717) is 17.0 Å². The third-order valence-electron chi connectivity index (χ3n) is 3.90. The van der Waals surface area contributed by atoms with Crippen LogP contribution in [0.1, 0.15) is 31.2 Å². The molecule has 1 heterocycles. The number of hydrogen-bond acceptors (Lipinski definition) is 5. The van der Waals surface area contributed by atoms with E-state index in [2.05, 4.69) is 20.1 Å². The van der Waals surface area contributed by atoms with Crippen LogP contribution in [0.2, 0.25) is 0 Å². The highest BCUT2D eigenvalue weighted by Gasteiger charge is 2.29. The molecule has 0 saturated heterocycles. The molecular formula is C15H21N5O2S. The molecule has 1 fully saturated rings. The van der Waals surface area contributed by atoms with Gasteiger partial charge in [0.25, 0.3) is 0 Å². The van der Waals surface area contributed by atoms with Crippen molar-refractivity contribution in [1.29, 1.82) is 0 Å². The summed E-state index contributed by atoms with van der Waals surface area (Å²) in [6.45, 7) is 5.05. The molecule has 0 amide bonds. The first-order valence-corrected chi connectivity index (χ1v) is 9.22. The van der Waals surface area contributed by atoms with E-state index >= 15 is 0 Å². The van der Waals surface area contributed by atoms with Crippen LogP contribution in [0.15, 0.2) is 29.4 Å². The molecule has 2 aromatic rings. The maximum absolute atomic E-state index is 12.4. The smallest absolute Gasteiger partial charge is 0.241 e. The van der Waals surface area contributed by atoms with Crippen LogP contribution in [0.3, 0.4) is 0 Å². The first kappa shape index (κ1) is 15.9. The predicted molar refractivity (Wildman–Crippen MR) is 87.5 cm³/mol. The van der Waals surface area contributed by atoms with Crippen molar-refractivity contribution in [3.8, 4) is 0 Å². The molecule has 1 aromatic carbocycles. The van der Waals surface area contributed by atoms with E-state index in [0.717, 1.165) is 30.9 Å². The van der Waals surface area contributed by atoms with E-state index in [1.165, 1.54) is 6.33 Å². The lowest BCUT2D eigenvalue weighted by molar-refractivity contribution is 0.580. The zero-order valence-electron chi connectivity index (χ0n) is 13.3. The van der Waals surface area contributed by atoms with Gasteiger partial charge in [0, 0.05) is 18.3 Å². The highest BCUT2D eigenvalue weighted by molar-refractivity contribution is 7.89.